The summed E-state index contributed by atoms with van der Waals surface area (Å²) in [6, 6.07) is 18.0. The molecule has 0 amide bonds. The highest BCUT2D eigenvalue weighted by molar-refractivity contribution is 5.80. The maximum Gasteiger partial charge on any atom is 0.282 e. The first kappa shape index (κ1) is 20.4. The second-order valence-corrected chi connectivity index (χ2v) is 8.76. The Labute approximate surface area is 188 Å². The molecule has 1 fully saturated rings. The van der Waals surface area contributed by atoms with Crippen molar-refractivity contribution in [2.24, 2.45) is 5.10 Å². The molecule has 32 heavy (non-hydrogen) atoms. The minimum Gasteiger partial charge on any atom is -0.316 e. The van der Waals surface area contributed by atoms with Crippen molar-refractivity contribution < 1.29 is 0 Å². The second-order valence-electron chi connectivity index (χ2n) is 8.76. The van der Waals surface area contributed by atoms with Gasteiger partial charge in [-0.1, -0.05) is 37.5 Å². The molecular weight excluding hydrogens is 396 g/mol. The first-order valence-electron chi connectivity index (χ1n) is 11.4. The number of aromatic nitrogens is 3. The quantitative estimate of drug-likeness (QED) is 0.393. The first-order valence-corrected chi connectivity index (χ1v) is 11.4. The monoisotopic (exact) mass is 424 g/mol. The molecule has 0 aliphatic heterocycles. The van der Waals surface area contributed by atoms with Gasteiger partial charge in [-0.15, -0.1) is 0 Å². The number of nitrogens with zero attached hydrogens (tertiary/aromatic N) is 4. The molecule has 0 saturated heterocycles. The summed E-state index contributed by atoms with van der Waals surface area (Å²) in [6.07, 6.45) is 9.51. The van der Waals surface area contributed by atoms with Gasteiger partial charge in [-0.2, -0.15) is 9.78 Å². The maximum atomic E-state index is 13.4. The number of fused-ring (bicyclic) bond motifs is 1. The van der Waals surface area contributed by atoms with Crippen molar-refractivity contribution in [3.63, 3.8) is 0 Å². The zero-order valence-corrected chi connectivity index (χ0v) is 18.7. The molecule has 2 aromatic heterocycles. The van der Waals surface area contributed by atoms with Gasteiger partial charge in [0.2, 0.25) is 0 Å². The molecule has 4 aromatic rings. The fraction of sp³-hybridized carbons (Fsp3) is 0.296. The van der Waals surface area contributed by atoms with Crippen molar-refractivity contribution in [1.29, 1.82) is 0 Å². The Hall–Kier alpha value is -3.47. The molecule has 2 aromatic carbocycles. The van der Waals surface area contributed by atoms with Crippen molar-refractivity contribution in [1.82, 2.24) is 14.2 Å². The van der Waals surface area contributed by atoms with Crippen molar-refractivity contribution in [2.75, 3.05) is 0 Å². The summed E-state index contributed by atoms with van der Waals surface area (Å²) in [7, 11) is 0. The van der Waals surface area contributed by atoms with Crippen LogP contribution in [0.25, 0.3) is 16.6 Å². The van der Waals surface area contributed by atoms with Crippen LogP contribution in [0.2, 0.25) is 0 Å². The third-order valence-corrected chi connectivity index (χ3v) is 6.60. The van der Waals surface area contributed by atoms with E-state index in [1.807, 2.05) is 42.6 Å². The van der Waals surface area contributed by atoms with E-state index in [1.54, 1.807) is 6.21 Å². The molecule has 162 valence electrons. The highest BCUT2D eigenvalue weighted by Crippen LogP contribution is 2.31. The summed E-state index contributed by atoms with van der Waals surface area (Å²) in [4.78, 5) is 18.3. The molecule has 0 N–H and O–H groups in total. The van der Waals surface area contributed by atoms with Crippen LogP contribution in [0.1, 0.15) is 60.7 Å². The second kappa shape index (κ2) is 8.58. The Morgan fingerprint density at radius 2 is 1.78 bits per heavy atom. The van der Waals surface area contributed by atoms with E-state index in [4.69, 9.17) is 10.1 Å². The van der Waals surface area contributed by atoms with E-state index < -0.39 is 0 Å². The predicted octanol–water partition coefficient (Wildman–Crippen LogP) is 5.73. The van der Waals surface area contributed by atoms with Crippen LogP contribution >= 0.6 is 0 Å². The third-order valence-electron chi connectivity index (χ3n) is 6.60. The van der Waals surface area contributed by atoms with E-state index in [9.17, 15) is 4.79 Å². The molecule has 0 radical (unpaired) electrons. The molecule has 0 spiro atoms. The molecular formula is C27H28N4O. The molecule has 5 nitrogen and oxygen atoms in total. The van der Waals surface area contributed by atoms with E-state index >= 15 is 0 Å². The Morgan fingerprint density at radius 3 is 2.59 bits per heavy atom. The number of aryl methyl sites for hydroxylation is 2. The Kier molecular flexibility index (Phi) is 5.48. The molecule has 0 unspecified atom stereocenters. The lowest BCUT2D eigenvalue weighted by Crippen LogP contribution is -2.25. The molecule has 0 atom stereocenters. The van der Waals surface area contributed by atoms with E-state index in [-0.39, 0.29) is 11.5 Å². The minimum absolute atomic E-state index is 0.100. The van der Waals surface area contributed by atoms with E-state index in [2.05, 4.69) is 36.6 Å². The van der Waals surface area contributed by atoms with Crippen LogP contribution in [0.5, 0.6) is 0 Å². The highest BCUT2D eigenvalue weighted by Gasteiger charge is 2.22. The van der Waals surface area contributed by atoms with Gasteiger partial charge in [-0.3, -0.25) is 4.79 Å². The summed E-state index contributed by atoms with van der Waals surface area (Å²) >= 11 is 0. The molecule has 5 rings (SSSR count). The summed E-state index contributed by atoms with van der Waals surface area (Å²) in [5.41, 5.74) is 5.16. The van der Waals surface area contributed by atoms with Gasteiger partial charge in [0.05, 0.1) is 22.8 Å². The van der Waals surface area contributed by atoms with Crippen LogP contribution in [-0.2, 0) is 0 Å². The average molecular weight is 425 g/mol. The number of rotatable bonds is 4. The Bertz CT molecular complexity index is 1360. The molecule has 5 heteroatoms. The zero-order valence-electron chi connectivity index (χ0n) is 18.7. The van der Waals surface area contributed by atoms with Gasteiger partial charge in [0.15, 0.2) is 0 Å². The molecule has 2 heterocycles. The number of hydrogen-bond donors (Lipinski definition) is 0. The van der Waals surface area contributed by atoms with E-state index in [0.717, 1.165) is 35.6 Å². The van der Waals surface area contributed by atoms with Crippen LogP contribution in [0.4, 0.5) is 0 Å². The highest BCUT2D eigenvalue weighted by atomic mass is 16.1. The SMILES string of the molecule is Cc1ccc(-n2cccc2C=Nn2c(C3CCCCC3)nc3ccccc3c2=O)cc1C. The summed E-state index contributed by atoms with van der Waals surface area (Å²) in [5, 5.41) is 5.30. The fourth-order valence-electron chi connectivity index (χ4n) is 4.60. The Balaban J connectivity index is 1.60. The van der Waals surface area contributed by atoms with Gasteiger partial charge in [0, 0.05) is 17.8 Å². The smallest absolute Gasteiger partial charge is 0.282 e. The standard InChI is InChI=1S/C27H28N4O/c1-19-14-15-22(17-20(19)2)30-16-8-11-23(30)18-28-31-26(21-9-4-3-5-10-21)29-25-13-7-6-12-24(25)27(31)32/h6-8,11-18,21H,3-5,9-10H2,1-2H3. The van der Waals surface area contributed by atoms with Gasteiger partial charge in [0.25, 0.3) is 5.56 Å². The first-order chi connectivity index (χ1) is 15.6. The number of hydrogen-bond acceptors (Lipinski definition) is 3. The summed E-state index contributed by atoms with van der Waals surface area (Å²) in [6.45, 7) is 4.23. The minimum atomic E-state index is -0.100. The lowest BCUT2D eigenvalue weighted by molar-refractivity contribution is 0.416. The third kappa shape index (κ3) is 3.79. The number of benzene rings is 2. The van der Waals surface area contributed by atoms with Crippen molar-refractivity contribution in [2.45, 2.75) is 51.9 Å². The summed E-state index contributed by atoms with van der Waals surface area (Å²) < 4.78 is 3.63. The van der Waals surface area contributed by atoms with Crippen LogP contribution in [-0.4, -0.2) is 20.4 Å². The average Bonchev–Trinajstić information content (AvgIpc) is 3.29. The maximum absolute atomic E-state index is 13.4. The van der Waals surface area contributed by atoms with Gasteiger partial charge < -0.3 is 4.57 Å². The molecule has 0 bridgehead atoms. The summed E-state index contributed by atoms with van der Waals surface area (Å²) in [5.74, 6) is 1.05. The number of para-hydroxylation sites is 1. The zero-order chi connectivity index (χ0) is 22.1. The van der Waals surface area contributed by atoms with Crippen molar-refractivity contribution in [3.05, 3.63) is 93.8 Å². The van der Waals surface area contributed by atoms with Crippen LogP contribution in [0.3, 0.4) is 0 Å². The van der Waals surface area contributed by atoms with Crippen LogP contribution in [0, 0.1) is 13.8 Å². The van der Waals surface area contributed by atoms with E-state index in [0.29, 0.717) is 5.39 Å². The van der Waals surface area contributed by atoms with E-state index in [1.165, 1.54) is 35.1 Å². The van der Waals surface area contributed by atoms with Gasteiger partial charge in [0.1, 0.15) is 5.82 Å². The fourth-order valence-corrected chi connectivity index (χ4v) is 4.60. The predicted molar refractivity (Wildman–Crippen MR) is 130 cm³/mol. The largest absolute Gasteiger partial charge is 0.316 e. The Morgan fingerprint density at radius 1 is 0.969 bits per heavy atom. The molecule has 1 aliphatic rings. The lowest BCUT2D eigenvalue weighted by Gasteiger charge is -2.22. The normalized spacial score (nSPS) is 15.1. The lowest BCUT2D eigenvalue weighted by atomic mass is 9.88. The molecule has 1 aliphatic carbocycles. The van der Waals surface area contributed by atoms with Crippen LogP contribution < -0.4 is 5.56 Å². The van der Waals surface area contributed by atoms with Crippen LogP contribution in [0.15, 0.2) is 70.7 Å². The topological polar surface area (TPSA) is 52.2 Å². The van der Waals surface area contributed by atoms with Crippen molar-refractivity contribution in [3.8, 4) is 5.69 Å². The van der Waals surface area contributed by atoms with Crippen molar-refractivity contribution >= 4 is 17.1 Å². The molecule has 1 saturated carbocycles. The van der Waals surface area contributed by atoms with Gasteiger partial charge in [-0.25, -0.2) is 4.98 Å². The van der Waals surface area contributed by atoms with Gasteiger partial charge >= 0.3 is 0 Å². The van der Waals surface area contributed by atoms with Gasteiger partial charge in [-0.05, 0) is 74.2 Å².